The topological polar surface area (TPSA) is 16.4 Å². The Labute approximate surface area is 322 Å². The Morgan fingerprint density at radius 3 is 1.87 bits per heavy atom. The smallest absolute Gasteiger partial charge is 0.135 e. The van der Waals surface area contributed by atoms with Gasteiger partial charge in [-0.15, -0.1) is 11.3 Å². The largest absolute Gasteiger partial charge is 0.456 e. The average Bonchev–Trinajstić information content (AvgIpc) is 3.82. The Balaban J connectivity index is 1.04. The Morgan fingerprint density at radius 2 is 0.964 bits per heavy atom. The van der Waals surface area contributed by atoms with E-state index in [1.54, 1.807) is 0 Å². The summed E-state index contributed by atoms with van der Waals surface area (Å²) in [6, 6.07) is 72.2. The van der Waals surface area contributed by atoms with Gasteiger partial charge in [0.15, 0.2) is 0 Å². The Kier molecular flexibility index (Phi) is 7.39. The maximum atomic E-state index is 6.25. The van der Waals surface area contributed by atoms with Crippen molar-refractivity contribution in [3.8, 4) is 33.4 Å². The molecule has 0 aliphatic carbocycles. The molecule has 55 heavy (non-hydrogen) atoms. The van der Waals surface area contributed by atoms with E-state index < -0.39 is 0 Å². The van der Waals surface area contributed by atoms with Crippen LogP contribution in [0.3, 0.4) is 0 Å². The first-order chi connectivity index (χ1) is 27.2. The number of hydrogen-bond donors (Lipinski definition) is 0. The van der Waals surface area contributed by atoms with Crippen molar-refractivity contribution in [3.63, 3.8) is 0 Å². The zero-order chi connectivity index (χ0) is 36.3. The molecule has 0 saturated heterocycles. The number of fused-ring (bicyclic) bond motifs is 7. The molecule has 2 nitrogen and oxygen atoms in total. The summed E-state index contributed by atoms with van der Waals surface area (Å²) in [7, 11) is 0. The Hall–Kier alpha value is -6.94. The molecule has 0 spiro atoms. The number of thiophene rings is 1. The minimum Gasteiger partial charge on any atom is -0.456 e. The van der Waals surface area contributed by atoms with Crippen molar-refractivity contribution in [1.82, 2.24) is 0 Å². The standard InChI is InChI=1S/C52H33NOS/c1-2-17-42-34(11-1)12-9-20-43(42)35-25-27-39(28-26-35)53(41-29-30-50-48(33-41)45-18-3-5-23-49(45)54-50)40-16-8-14-37(32-40)36-13-7-15-38(31-36)44-21-10-22-47-46-19-4-6-24-51(46)55-52(44)47/h1-33H. The maximum Gasteiger partial charge on any atom is 0.135 e. The molecule has 0 aliphatic rings. The third kappa shape index (κ3) is 5.40. The van der Waals surface area contributed by atoms with Crippen LogP contribution in [0.25, 0.3) is 86.3 Å². The van der Waals surface area contributed by atoms with Crippen molar-refractivity contribution in [2.75, 3.05) is 4.90 Å². The van der Waals surface area contributed by atoms with Gasteiger partial charge >= 0.3 is 0 Å². The van der Waals surface area contributed by atoms with Crippen LogP contribution in [0.4, 0.5) is 17.1 Å². The van der Waals surface area contributed by atoms with Crippen molar-refractivity contribution in [2.24, 2.45) is 0 Å². The van der Waals surface area contributed by atoms with Crippen LogP contribution in [-0.4, -0.2) is 0 Å². The molecule has 0 radical (unpaired) electrons. The lowest BCUT2D eigenvalue weighted by Crippen LogP contribution is -2.10. The van der Waals surface area contributed by atoms with E-state index >= 15 is 0 Å². The lowest BCUT2D eigenvalue weighted by molar-refractivity contribution is 0.669. The highest BCUT2D eigenvalue weighted by atomic mass is 32.1. The Morgan fingerprint density at radius 1 is 0.345 bits per heavy atom. The second-order valence-electron chi connectivity index (χ2n) is 14.1. The third-order valence-corrected chi connectivity index (χ3v) is 12.1. The summed E-state index contributed by atoms with van der Waals surface area (Å²) in [5.41, 5.74) is 12.3. The van der Waals surface area contributed by atoms with Crippen molar-refractivity contribution < 1.29 is 4.42 Å². The SMILES string of the molecule is c1cc(-c2cccc(N(c3ccc(-c4cccc5ccccc45)cc3)c3ccc4oc5ccccc5c4c3)c2)cc(-c2cccc3c2sc2ccccc23)c1. The highest BCUT2D eigenvalue weighted by Gasteiger charge is 2.18. The molecule has 2 heterocycles. The molecule has 0 aliphatic heterocycles. The second kappa shape index (κ2) is 12.9. The van der Waals surface area contributed by atoms with Gasteiger partial charge in [-0.1, -0.05) is 140 Å². The van der Waals surface area contributed by atoms with Crippen LogP contribution in [0.1, 0.15) is 0 Å². The number of anilines is 3. The third-order valence-electron chi connectivity index (χ3n) is 10.9. The maximum absolute atomic E-state index is 6.25. The van der Waals surface area contributed by atoms with Crippen molar-refractivity contribution in [2.45, 2.75) is 0 Å². The van der Waals surface area contributed by atoms with E-state index in [4.69, 9.17) is 4.42 Å². The average molecular weight is 720 g/mol. The molecular weight excluding hydrogens is 687 g/mol. The first kappa shape index (κ1) is 31.6. The van der Waals surface area contributed by atoms with Gasteiger partial charge in [0.2, 0.25) is 0 Å². The molecular formula is C52H33NOS. The van der Waals surface area contributed by atoms with E-state index in [2.05, 4.69) is 193 Å². The molecule has 11 rings (SSSR count). The fourth-order valence-electron chi connectivity index (χ4n) is 8.23. The van der Waals surface area contributed by atoms with Crippen LogP contribution in [0.5, 0.6) is 0 Å². The molecule has 0 unspecified atom stereocenters. The quantitative estimate of drug-likeness (QED) is 0.170. The van der Waals surface area contributed by atoms with Crippen LogP contribution in [0.15, 0.2) is 205 Å². The summed E-state index contributed by atoms with van der Waals surface area (Å²) in [4.78, 5) is 2.36. The predicted octanol–water partition coefficient (Wildman–Crippen LogP) is 15.6. The summed E-state index contributed by atoms with van der Waals surface area (Å²) in [5, 5.41) is 7.35. The molecule has 258 valence electrons. The molecule has 0 fully saturated rings. The second-order valence-corrected chi connectivity index (χ2v) is 15.2. The molecule has 2 aromatic heterocycles. The summed E-state index contributed by atoms with van der Waals surface area (Å²) >= 11 is 1.87. The lowest BCUT2D eigenvalue weighted by atomic mass is 9.97. The first-order valence-corrected chi connectivity index (χ1v) is 19.5. The van der Waals surface area contributed by atoms with E-state index in [0.717, 1.165) is 44.6 Å². The number of rotatable bonds is 6. The summed E-state index contributed by atoms with van der Waals surface area (Å²) in [5.74, 6) is 0. The summed E-state index contributed by atoms with van der Waals surface area (Å²) in [6.45, 7) is 0. The molecule has 9 aromatic carbocycles. The van der Waals surface area contributed by atoms with E-state index in [1.165, 1.54) is 58.8 Å². The van der Waals surface area contributed by atoms with Gasteiger partial charge in [-0.3, -0.25) is 0 Å². The van der Waals surface area contributed by atoms with Crippen LogP contribution in [0.2, 0.25) is 0 Å². The van der Waals surface area contributed by atoms with Crippen LogP contribution >= 0.6 is 11.3 Å². The zero-order valence-corrected chi connectivity index (χ0v) is 30.6. The molecule has 0 atom stereocenters. The minimum atomic E-state index is 0.885. The molecule has 0 N–H and O–H groups in total. The van der Waals surface area contributed by atoms with E-state index in [1.807, 2.05) is 23.5 Å². The van der Waals surface area contributed by atoms with Gasteiger partial charge in [-0.25, -0.2) is 0 Å². The molecule has 0 saturated carbocycles. The summed E-state index contributed by atoms with van der Waals surface area (Å²) in [6.07, 6.45) is 0. The highest BCUT2D eigenvalue weighted by molar-refractivity contribution is 7.26. The van der Waals surface area contributed by atoms with E-state index in [-0.39, 0.29) is 0 Å². The van der Waals surface area contributed by atoms with Gasteiger partial charge in [0, 0.05) is 48.0 Å². The predicted molar refractivity (Wildman–Crippen MR) is 235 cm³/mol. The lowest BCUT2D eigenvalue weighted by Gasteiger charge is -2.26. The highest BCUT2D eigenvalue weighted by Crippen LogP contribution is 2.43. The molecule has 0 amide bonds. The zero-order valence-electron chi connectivity index (χ0n) is 29.8. The molecule has 11 aromatic rings. The van der Waals surface area contributed by atoms with Crippen LogP contribution in [0, 0.1) is 0 Å². The van der Waals surface area contributed by atoms with Gasteiger partial charge < -0.3 is 9.32 Å². The van der Waals surface area contributed by atoms with Gasteiger partial charge in [-0.2, -0.15) is 0 Å². The monoisotopic (exact) mass is 719 g/mol. The minimum absolute atomic E-state index is 0.885. The fraction of sp³-hybridized carbons (Fsp3) is 0. The van der Waals surface area contributed by atoms with Gasteiger partial charge in [0.05, 0.1) is 0 Å². The number of nitrogens with zero attached hydrogens (tertiary/aromatic N) is 1. The fourth-order valence-corrected chi connectivity index (χ4v) is 9.47. The number of benzene rings is 9. The molecule has 0 bridgehead atoms. The summed E-state index contributed by atoms with van der Waals surface area (Å²) < 4.78 is 8.90. The van der Waals surface area contributed by atoms with Crippen LogP contribution < -0.4 is 4.90 Å². The number of hydrogen-bond acceptors (Lipinski definition) is 3. The van der Waals surface area contributed by atoms with Crippen molar-refractivity contribution >= 4 is 81.3 Å². The Bertz CT molecular complexity index is 3220. The van der Waals surface area contributed by atoms with Gasteiger partial charge in [-0.05, 0) is 105 Å². The van der Waals surface area contributed by atoms with Gasteiger partial charge in [0.25, 0.3) is 0 Å². The van der Waals surface area contributed by atoms with E-state index in [9.17, 15) is 0 Å². The first-order valence-electron chi connectivity index (χ1n) is 18.7. The van der Waals surface area contributed by atoms with Crippen molar-refractivity contribution in [3.05, 3.63) is 200 Å². The number of para-hydroxylation sites is 1. The van der Waals surface area contributed by atoms with Gasteiger partial charge in [0.1, 0.15) is 11.2 Å². The van der Waals surface area contributed by atoms with Crippen LogP contribution in [-0.2, 0) is 0 Å². The van der Waals surface area contributed by atoms with E-state index in [0.29, 0.717) is 0 Å². The number of furan rings is 1. The van der Waals surface area contributed by atoms with Crippen molar-refractivity contribution in [1.29, 1.82) is 0 Å². The normalized spacial score (nSPS) is 11.6. The molecule has 3 heteroatoms.